The predicted molar refractivity (Wildman–Crippen MR) is 74.4 cm³/mol. The maximum Gasteiger partial charge on any atom is 0.250 e. The Balaban J connectivity index is 1.94. The molecule has 0 aliphatic heterocycles. The molecule has 0 amide bonds. The molecule has 2 heterocycles. The first-order valence-electron chi connectivity index (χ1n) is 5.79. The van der Waals surface area contributed by atoms with Crippen LogP contribution in [0.4, 0.5) is 0 Å². The molecule has 0 unspecified atom stereocenters. The van der Waals surface area contributed by atoms with Crippen molar-refractivity contribution in [3.8, 4) is 0 Å². The second-order valence-corrected chi connectivity index (χ2v) is 7.27. The topological polar surface area (TPSA) is 90.0 Å². The minimum atomic E-state index is -3.44. The fourth-order valence-electron chi connectivity index (χ4n) is 1.57. The molecule has 0 bridgehead atoms. The standard InChI is InChI=1S/C11H16N4O2S2/c1-9-7-13-15(8-9)5-4-14-19(16,17)11-3-2-10(6-12)18-11/h2-3,7-8,14H,4-6,12H2,1H3. The van der Waals surface area contributed by atoms with Crippen LogP contribution in [0, 0.1) is 6.92 Å². The van der Waals surface area contributed by atoms with E-state index in [9.17, 15) is 8.42 Å². The Bertz CT molecular complexity index is 645. The van der Waals surface area contributed by atoms with Crippen LogP contribution >= 0.6 is 11.3 Å². The highest BCUT2D eigenvalue weighted by Crippen LogP contribution is 2.20. The maximum atomic E-state index is 12.0. The normalized spacial score (nSPS) is 11.9. The number of hydrogen-bond acceptors (Lipinski definition) is 5. The number of nitrogens with one attached hydrogen (secondary N) is 1. The Morgan fingerprint density at radius 3 is 2.84 bits per heavy atom. The lowest BCUT2D eigenvalue weighted by atomic mass is 10.4. The van der Waals surface area contributed by atoms with Gasteiger partial charge in [0.25, 0.3) is 0 Å². The van der Waals surface area contributed by atoms with E-state index in [1.54, 1.807) is 23.0 Å². The summed E-state index contributed by atoms with van der Waals surface area (Å²) in [4.78, 5) is 0.850. The number of rotatable bonds is 6. The molecule has 0 spiro atoms. The highest BCUT2D eigenvalue weighted by molar-refractivity contribution is 7.91. The molecule has 0 aromatic carbocycles. The number of thiophene rings is 1. The van der Waals surface area contributed by atoms with Crippen LogP contribution in [0.3, 0.4) is 0 Å². The molecule has 2 aromatic rings. The van der Waals surface area contributed by atoms with Gasteiger partial charge in [0.1, 0.15) is 4.21 Å². The van der Waals surface area contributed by atoms with Gasteiger partial charge in [-0.3, -0.25) is 4.68 Å². The number of hydrogen-bond donors (Lipinski definition) is 2. The summed E-state index contributed by atoms with van der Waals surface area (Å²) in [5, 5.41) is 4.09. The molecule has 0 atom stereocenters. The second kappa shape index (κ2) is 5.83. The first kappa shape index (κ1) is 14.2. The largest absolute Gasteiger partial charge is 0.326 e. The summed E-state index contributed by atoms with van der Waals surface area (Å²) >= 11 is 1.19. The van der Waals surface area contributed by atoms with Gasteiger partial charge in [-0.1, -0.05) is 0 Å². The third kappa shape index (κ3) is 3.63. The summed E-state index contributed by atoms with van der Waals surface area (Å²) in [6.45, 7) is 3.10. The lowest BCUT2D eigenvalue weighted by Crippen LogP contribution is -2.26. The van der Waals surface area contributed by atoms with Crippen LogP contribution in [0.5, 0.6) is 0 Å². The van der Waals surface area contributed by atoms with Crippen LogP contribution in [0.25, 0.3) is 0 Å². The predicted octanol–water partition coefficient (Wildman–Crippen LogP) is 0.690. The number of nitrogens with zero attached hydrogens (tertiary/aromatic N) is 2. The van der Waals surface area contributed by atoms with E-state index in [1.807, 2.05) is 13.1 Å². The van der Waals surface area contributed by atoms with Gasteiger partial charge in [0.2, 0.25) is 10.0 Å². The Kier molecular flexibility index (Phi) is 4.35. The lowest BCUT2D eigenvalue weighted by molar-refractivity contribution is 0.562. The molecule has 0 radical (unpaired) electrons. The van der Waals surface area contributed by atoms with Crippen molar-refractivity contribution < 1.29 is 8.42 Å². The zero-order valence-electron chi connectivity index (χ0n) is 10.5. The molecule has 2 rings (SSSR count). The number of aryl methyl sites for hydroxylation is 1. The molecule has 6 nitrogen and oxygen atoms in total. The molecule has 104 valence electrons. The number of nitrogens with two attached hydrogens (primary N) is 1. The highest BCUT2D eigenvalue weighted by atomic mass is 32.2. The zero-order chi connectivity index (χ0) is 13.9. The van der Waals surface area contributed by atoms with Crippen molar-refractivity contribution in [2.45, 2.75) is 24.2 Å². The molecule has 2 aromatic heterocycles. The molecule has 8 heteroatoms. The van der Waals surface area contributed by atoms with Crippen LogP contribution in [0.1, 0.15) is 10.4 Å². The lowest BCUT2D eigenvalue weighted by Gasteiger charge is -2.04. The van der Waals surface area contributed by atoms with Gasteiger partial charge in [0, 0.05) is 24.2 Å². The third-order valence-corrected chi connectivity index (χ3v) is 5.56. The SMILES string of the molecule is Cc1cnn(CCNS(=O)(=O)c2ccc(CN)s2)c1. The Labute approximate surface area is 116 Å². The fraction of sp³-hybridized carbons (Fsp3) is 0.364. The molecule has 0 aliphatic carbocycles. The highest BCUT2D eigenvalue weighted by Gasteiger charge is 2.15. The van der Waals surface area contributed by atoms with Crippen LogP contribution in [0.2, 0.25) is 0 Å². The summed E-state index contributed by atoms with van der Waals surface area (Å²) < 4.78 is 28.5. The number of aromatic nitrogens is 2. The molecular formula is C11H16N4O2S2. The van der Waals surface area contributed by atoms with E-state index in [4.69, 9.17) is 5.73 Å². The summed E-state index contributed by atoms with van der Waals surface area (Å²) in [6, 6.07) is 3.31. The van der Waals surface area contributed by atoms with Crippen LogP contribution in [-0.2, 0) is 23.1 Å². The van der Waals surface area contributed by atoms with Crippen molar-refractivity contribution in [2.24, 2.45) is 5.73 Å². The van der Waals surface area contributed by atoms with Gasteiger partial charge in [0.05, 0.1) is 12.7 Å². The molecule has 19 heavy (non-hydrogen) atoms. The third-order valence-electron chi connectivity index (χ3n) is 2.50. The van der Waals surface area contributed by atoms with Crippen molar-refractivity contribution >= 4 is 21.4 Å². The minimum Gasteiger partial charge on any atom is -0.326 e. The first-order chi connectivity index (χ1) is 9.01. The van der Waals surface area contributed by atoms with Crippen molar-refractivity contribution in [3.63, 3.8) is 0 Å². The summed E-state index contributed by atoms with van der Waals surface area (Å²) in [7, 11) is -3.44. The van der Waals surface area contributed by atoms with E-state index in [0.717, 1.165) is 10.4 Å². The smallest absolute Gasteiger partial charge is 0.250 e. The van der Waals surface area contributed by atoms with Crippen molar-refractivity contribution in [2.75, 3.05) is 6.54 Å². The second-order valence-electron chi connectivity index (χ2n) is 4.10. The molecule has 0 aliphatic rings. The molecule has 0 saturated heterocycles. The Morgan fingerprint density at radius 2 is 2.26 bits per heavy atom. The van der Waals surface area contributed by atoms with E-state index < -0.39 is 10.0 Å². The monoisotopic (exact) mass is 300 g/mol. The fourth-order valence-corrected chi connectivity index (χ4v) is 3.87. The van der Waals surface area contributed by atoms with E-state index in [2.05, 4.69) is 9.82 Å². The van der Waals surface area contributed by atoms with E-state index in [-0.39, 0.29) is 0 Å². The number of sulfonamides is 1. The molecule has 3 N–H and O–H groups in total. The average molecular weight is 300 g/mol. The van der Waals surface area contributed by atoms with Gasteiger partial charge in [-0.2, -0.15) is 5.10 Å². The molecular weight excluding hydrogens is 284 g/mol. The average Bonchev–Trinajstić information content (AvgIpc) is 2.98. The van der Waals surface area contributed by atoms with Crippen LogP contribution < -0.4 is 10.5 Å². The van der Waals surface area contributed by atoms with Gasteiger partial charge in [-0.05, 0) is 24.6 Å². The van der Waals surface area contributed by atoms with Gasteiger partial charge in [0.15, 0.2) is 0 Å². The summed E-state index contributed by atoms with van der Waals surface area (Å²) in [6.07, 6.45) is 3.60. The van der Waals surface area contributed by atoms with Crippen molar-refractivity contribution in [3.05, 3.63) is 35.0 Å². The van der Waals surface area contributed by atoms with E-state index in [1.165, 1.54) is 11.3 Å². The van der Waals surface area contributed by atoms with E-state index in [0.29, 0.717) is 23.8 Å². The Morgan fingerprint density at radius 1 is 1.47 bits per heavy atom. The minimum absolute atomic E-state index is 0.296. The maximum absolute atomic E-state index is 12.0. The van der Waals surface area contributed by atoms with Crippen LogP contribution in [-0.4, -0.2) is 24.7 Å². The molecule has 0 fully saturated rings. The molecule has 0 saturated carbocycles. The van der Waals surface area contributed by atoms with E-state index >= 15 is 0 Å². The summed E-state index contributed by atoms with van der Waals surface area (Å²) in [5.74, 6) is 0. The van der Waals surface area contributed by atoms with Gasteiger partial charge in [-0.25, -0.2) is 13.1 Å². The quantitative estimate of drug-likeness (QED) is 0.821. The van der Waals surface area contributed by atoms with Crippen molar-refractivity contribution in [1.29, 1.82) is 0 Å². The van der Waals surface area contributed by atoms with Crippen LogP contribution in [0.15, 0.2) is 28.7 Å². The Hall–Kier alpha value is -1.22. The first-order valence-corrected chi connectivity index (χ1v) is 8.09. The van der Waals surface area contributed by atoms with Crippen molar-refractivity contribution in [1.82, 2.24) is 14.5 Å². The van der Waals surface area contributed by atoms with Gasteiger partial charge >= 0.3 is 0 Å². The summed E-state index contributed by atoms with van der Waals surface area (Å²) in [5.41, 5.74) is 6.52. The van der Waals surface area contributed by atoms with Gasteiger partial charge < -0.3 is 5.73 Å². The van der Waals surface area contributed by atoms with Gasteiger partial charge in [-0.15, -0.1) is 11.3 Å². The zero-order valence-corrected chi connectivity index (χ0v) is 12.2.